The van der Waals surface area contributed by atoms with Crippen LogP contribution >= 0.6 is 24.0 Å². The van der Waals surface area contributed by atoms with Crippen molar-refractivity contribution in [1.29, 1.82) is 0 Å². The monoisotopic (exact) mass is 365 g/mol. The standard InChI is InChI=1S/C13H23N3O.HI/c1-13(2)10(9-6-7-17-11(9)13)16-12(14-3)15-8-4-5-8;/h8-11H,4-7H2,1-3H3,(H2,14,15,16);1H. The second kappa shape index (κ2) is 5.15. The first-order valence-corrected chi connectivity index (χ1v) is 6.74. The fraction of sp³-hybridized carbons (Fsp3) is 0.923. The number of hydrogen-bond donors (Lipinski definition) is 2. The summed E-state index contributed by atoms with van der Waals surface area (Å²) in [6, 6.07) is 1.15. The molecular formula is C13H24IN3O. The fourth-order valence-corrected chi connectivity index (χ4v) is 3.36. The quantitative estimate of drug-likeness (QED) is 0.445. The molecule has 3 fully saturated rings. The maximum absolute atomic E-state index is 5.81. The molecule has 2 N–H and O–H groups in total. The van der Waals surface area contributed by atoms with Gasteiger partial charge in [-0.1, -0.05) is 13.8 Å². The summed E-state index contributed by atoms with van der Waals surface area (Å²) in [6.07, 6.45) is 4.19. The Bertz CT molecular complexity index is 341. The highest BCUT2D eigenvalue weighted by molar-refractivity contribution is 14.0. The third-order valence-corrected chi connectivity index (χ3v) is 4.53. The predicted molar refractivity (Wildman–Crippen MR) is 83.5 cm³/mol. The lowest BCUT2D eigenvalue weighted by atomic mass is 9.57. The van der Waals surface area contributed by atoms with E-state index in [4.69, 9.17) is 4.74 Å². The Hall–Kier alpha value is -0.0400. The molecule has 0 radical (unpaired) electrons. The molecule has 4 nitrogen and oxygen atoms in total. The summed E-state index contributed by atoms with van der Waals surface area (Å²) >= 11 is 0. The Morgan fingerprint density at radius 1 is 1.22 bits per heavy atom. The van der Waals surface area contributed by atoms with Crippen LogP contribution in [0.2, 0.25) is 0 Å². The fourth-order valence-electron chi connectivity index (χ4n) is 3.36. The van der Waals surface area contributed by atoms with Crippen LogP contribution in [-0.4, -0.2) is 37.8 Å². The number of halogens is 1. The van der Waals surface area contributed by atoms with E-state index in [-0.39, 0.29) is 29.4 Å². The zero-order valence-corrected chi connectivity index (χ0v) is 13.7. The number of hydrogen-bond acceptors (Lipinski definition) is 2. The van der Waals surface area contributed by atoms with E-state index in [0.717, 1.165) is 12.6 Å². The van der Waals surface area contributed by atoms with Gasteiger partial charge in [-0.15, -0.1) is 24.0 Å². The van der Waals surface area contributed by atoms with Gasteiger partial charge in [0.15, 0.2) is 5.96 Å². The SMILES string of the molecule is CN=C(NC1CC1)NC1C2CCOC2C1(C)C.I. The third-order valence-electron chi connectivity index (χ3n) is 4.53. The van der Waals surface area contributed by atoms with Crippen molar-refractivity contribution in [1.82, 2.24) is 10.6 Å². The first-order chi connectivity index (χ1) is 8.13. The molecular weight excluding hydrogens is 341 g/mol. The molecule has 1 saturated heterocycles. The lowest BCUT2D eigenvalue weighted by molar-refractivity contribution is -0.106. The van der Waals surface area contributed by atoms with Gasteiger partial charge in [0.2, 0.25) is 0 Å². The maximum atomic E-state index is 5.81. The molecule has 1 aliphatic heterocycles. The van der Waals surface area contributed by atoms with Gasteiger partial charge in [0.1, 0.15) is 0 Å². The van der Waals surface area contributed by atoms with E-state index in [1.165, 1.54) is 19.3 Å². The summed E-state index contributed by atoms with van der Waals surface area (Å²) < 4.78 is 5.81. The van der Waals surface area contributed by atoms with E-state index >= 15 is 0 Å². The van der Waals surface area contributed by atoms with E-state index in [1.807, 2.05) is 7.05 Å². The number of nitrogens with zero attached hydrogens (tertiary/aromatic N) is 1. The summed E-state index contributed by atoms with van der Waals surface area (Å²) in [5, 5.41) is 7.05. The van der Waals surface area contributed by atoms with Crippen LogP contribution in [-0.2, 0) is 4.74 Å². The zero-order chi connectivity index (χ0) is 12.0. The van der Waals surface area contributed by atoms with E-state index in [9.17, 15) is 0 Å². The molecule has 0 amide bonds. The first kappa shape index (κ1) is 14.4. The van der Waals surface area contributed by atoms with Crippen molar-refractivity contribution in [3.8, 4) is 0 Å². The van der Waals surface area contributed by atoms with Crippen LogP contribution in [0.5, 0.6) is 0 Å². The Morgan fingerprint density at radius 2 is 1.94 bits per heavy atom. The minimum atomic E-state index is 0. The van der Waals surface area contributed by atoms with Gasteiger partial charge in [0, 0.05) is 37.1 Å². The van der Waals surface area contributed by atoms with Crippen molar-refractivity contribution in [3.63, 3.8) is 0 Å². The smallest absolute Gasteiger partial charge is 0.191 e. The van der Waals surface area contributed by atoms with Crippen molar-refractivity contribution >= 4 is 29.9 Å². The molecule has 0 spiro atoms. The number of guanidine groups is 1. The van der Waals surface area contributed by atoms with E-state index < -0.39 is 0 Å². The summed E-state index contributed by atoms with van der Waals surface area (Å²) in [5.74, 6) is 1.64. The number of aliphatic imine (C=N–C) groups is 1. The Kier molecular flexibility index (Phi) is 4.11. The van der Waals surface area contributed by atoms with Gasteiger partial charge in [-0.3, -0.25) is 4.99 Å². The van der Waals surface area contributed by atoms with Crippen LogP contribution in [0, 0.1) is 11.3 Å². The van der Waals surface area contributed by atoms with E-state index in [1.54, 1.807) is 0 Å². The van der Waals surface area contributed by atoms with Crippen LogP contribution < -0.4 is 10.6 Å². The molecule has 0 aromatic heterocycles. The summed E-state index contributed by atoms with van der Waals surface area (Å²) in [6.45, 7) is 5.51. The Balaban J connectivity index is 0.00000120. The highest BCUT2D eigenvalue weighted by Crippen LogP contribution is 2.52. The largest absolute Gasteiger partial charge is 0.377 e. The van der Waals surface area contributed by atoms with Crippen molar-refractivity contribution in [3.05, 3.63) is 0 Å². The summed E-state index contributed by atoms with van der Waals surface area (Å²) in [5.41, 5.74) is 0.225. The first-order valence-electron chi connectivity index (χ1n) is 6.74. The Labute approximate surface area is 126 Å². The lowest BCUT2D eigenvalue weighted by Gasteiger charge is -2.54. The number of fused-ring (bicyclic) bond motifs is 1. The van der Waals surface area contributed by atoms with Crippen molar-refractivity contribution in [2.75, 3.05) is 13.7 Å². The molecule has 5 heteroatoms. The van der Waals surface area contributed by atoms with Gasteiger partial charge in [-0.05, 0) is 19.3 Å². The van der Waals surface area contributed by atoms with Crippen molar-refractivity contribution in [2.45, 2.75) is 51.3 Å². The van der Waals surface area contributed by atoms with Gasteiger partial charge in [-0.25, -0.2) is 0 Å². The molecule has 1 heterocycles. The second-order valence-electron chi connectivity index (χ2n) is 6.18. The Morgan fingerprint density at radius 3 is 2.56 bits per heavy atom. The molecule has 0 aromatic rings. The molecule has 3 atom stereocenters. The second-order valence-corrected chi connectivity index (χ2v) is 6.18. The average Bonchev–Trinajstić information content (AvgIpc) is 2.99. The highest BCUT2D eigenvalue weighted by Gasteiger charge is 2.59. The maximum Gasteiger partial charge on any atom is 0.191 e. The predicted octanol–water partition coefficient (Wildman–Crippen LogP) is 1.75. The molecule has 3 rings (SSSR count). The number of rotatable bonds is 2. The molecule has 0 bridgehead atoms. The van der Waals surface area contributed by atoms with Gasteiger partial charge >= 0.3 is 0 Å². The van der Waals surface area contributed by atoms with Crippen LogP contribution in [0.3, 0.4) is 0 Å². The normalized spacial score (nSPS) is 37.3. The molecule has 2 saturated carbocycles. The van der Waals surface area contributed by atoms with Gasteiger partial charge < -0.3 is 15.4 Å². The molecule has 104 valence electrons. The molecule has 18 heavy (non-hydrogen) atoms. The van der Waals surface area contributed by atoms with Crippen molar-refractivity contribution in [2.24, 2.45) is 16.3 Å². The van der Waals surface area contributed by atoms with Gasteiger partial charge in [0.25, 0.3) is 0 Å². The van der Waals surface area contributed by atoms with Crippen LogP contribution in [0.25, 0.3) is 0 Å². The van der Waals surface area contributed by atoms with Crippen LogP contribution in [0.15, 0.2) is 4.99 Å². The topological polar surface area (TPSA) is 45.7 Å². The van der Waals surface area contributed by atoms with Crippen molar-refractivity contribution < 1.29 is 4.74 Å². The lowest BCUT2D eigenvalue weighted by Crippen LogP contribution is -2.68. The minimum Gasteiger partial charge on any atom is -0.377 e. The number of ether oxygens (including phenoxy) is 1. The summed E-state index contributed by atoms with van der Waals surface area (Å²) in [4.78, 5) is 4.32. The van der Waals surface area contributed by atoms with Gasteiger partial charge in [-0.2, -0.15) is 0 Å². The van der Waals surface area contributed by atoms with Crippen LogP contribution in [0.1, 0.15) is 33.1 Å². The summed E-state index contributed by atoms with van der Waals surface area (Å²) in [7, 11) is 1.85. The third kappa shape index (κ3) is 2.35. The average molecular weight is 365 g/mol. The zero-order valence-electron chi connectivity index (χ0n) is 11.4. The van der Waals surface area contributed by atoms with Crippen LogP contribution in [0.4, 0.5) is 0 Å². The minimum absolute atomic E-state index is 0. The molecule has 3 unspecified atom stereocenters. The van der Waals surface area contributed by atoms with Gasteiger partial charge in [0.05, 0.1) is 6.10 Å². The molecule has 2 aliphatic carbocycles. The molecule has 3 aliphatic rings. The molecule has 0 aromatic carbocycles. The van der Waals surface area contributed by atoms with E-state index in [2.05, 4.69) is 29.5 Å². The van der Waals surface area contributed by atoms with E-state index in [0.29, 0.717) is 24.1 Å². The number of nitrogens with one attached hydrogen (secondary N) is 2. The highest BCUT2D eigenvalue weighted by atomic mass is 127.